The number of carbonyl (C=O) groups excluding carboxylic acids is 1. The van der Waals surface area contributed by atoms with Crippen LogP contribution in [0.15, 0.2) is 41.8 Å². The number of hydrogen-bond donors (Lipinski definition) is 2. The summed E-state index contributed by atoms with van der Waals surface area (Å²) < 4.78 is 26.9. The Morgan fingerprint density at radius 1 is 1.20 bits per heavy atom. The van der Waals surface area contributed by atoms with Crippen LogP contribution in [-0.4, -0.2) is 40.1 Å². The zero-order chi connectivity index (χ0) is 21.6. The summed E-state index contributed by atoms with van der Waals surface area (Å²) in [6, 6.07) is 10.9. The Labute approximate surface area is 178 Å². The van der Waals surface area contributed by atoms with Gasteiger partial charge in [0.2, 0.25) is 0 Å². The Morgan fingerprint density at radius 3 is 2.63 bits per heavy atom. The maximum Gasteiger partial charge on any atom is 0.253 e. The SMILES string of the molecule is CC.O=C(NCc1nc(-c2cccs2)n[nH]1)c1ccccc1N1CCC(F)(F)CC1. The first-order valence-corrected chi connectivity index (χ1v) is 10.8. The Hall–Kier alpha value is -2.81. The lowest BCUT2D eigenvalue weighted by Gasteiger charge is -2.34. The zero-order valence-corrected chi connectivity index (χ0v) is 17.8. The monoisotopic (exact) mass is 433 g/mol. The molecular formula is C21H25F2N5OS. The van der Waals surface area contributed by atoms with E-state index in [1.54, 1.807) is 18.2 Å². The number of anilines is 1. The normalized spacial score (nSPS) is 15.3. The first-order valence-electron chi connectivity index (χ1n) is 9.97. The molecule has 0 unspecified atom stereocenters. The van der Waals surface area contributed by atoms with Crippen LogP contribution in [0, 0.1) is 0 Å². The van der Waals surface area contributed by atoms with E-state index < -0.39 is 5.92 Å². The lowest BCUT2D eigenvalue weighted by Crippen LogP contribution is -2.40. The molecule has 2 N–H and O–H groups in total. The third-order valence-corrected chi connectivity index (χ3v) is 5.54. The van der Waals surface area contributed by atoms with Crippen LogP contribution in [0.5, 0.6) is 0 Å². The smallest absolute Gasteiger partial charge is 0.253 e. The van der Waals surface area contributed by atoms with Crippen LogP contribution in [-0.2, 0) is 6.54 Å². The molecule has 1 fully saturated rings. The highest BCUT2D eigenvalue weighted by Gasteiger charge is 2.34. The minimum absolute atomic E-state index is 0.198. The highest BCUT2D eigenvalue weighted by Crippen LogP contribution is 2.32. The number of para-hydroxylation sites is 1. The van der Waals surface area contributed by atoms with Gasteiger partial charge in [-0.15, -0.1) is 11.3 Å². The van der Waals surface area contributed by atoms with E-state index in [1.807, 2.05) is 42.3 Å². The molecule has 1 aliphatic heterocycles. The van der Waals surface area contributed by atoms with Crippen LogP contribution in [0.4, 0.5) is 14.5 Å². The van der Waals surface area contributed by atoms with E-state index in [2.05, 4.69) is 20.5 Å². The summed E-state index contributed by atoms with van der Waals surface area (Å²) in [5.41, 5.74) is 1.14. The van der Waals surface area contributed by atoms with E-state index in [1.165, 1.54) is 11.3 Å². The molecule has 0 aliphatic carbocycles. The second-order valence-corrected chi connectivity index (χ2v) is 7.57. The molecule has 2 aromatic heterocycles. The van der Waals surface area contributed by atoms with Crippen LogP contribution in [0.1, 0.15) is 42.9 Å². The average molecular weight is 434 g/mol. The van der Waals surface area contributed by atoms with Gasteiger partial charge in [-0.25, -0.2) is 13.8 Å². The lowest BCUT2D eigenvalue weighted by molar-refractivity contribution is -0.0220. The molecular weight excluding hydrogens is 408 g/mol. The van der Waals surface area contributed by atoms with Crippen molar-refractivity contribution in [1.82, 2.24) is 20.5 Å². The van der Waals surface area contributed by atoms with Crippen molar-refractivity contribution in [3.05, 3.63) is 53.2 Å². The summed E-state index contributed by atoms with van der Waals surface area (Å²) in [6.07, 6.45) is -0.404. The van der Waals surface area contributed by atoms with Gasteiger partial charge in [-0.3, -0.25) is 9.89 Å². The fourth-order valence-corrected chi connectivity index (χ4v) is 3.82. The fraction of sp³-hybridized carbons (Fsp3) is 0.381. The van der Waals surface area contributed by atoms with Crippen LogP contribution < -0.4 is 10.2 Å². The van der Waals surface area contributed by atoms with Gasteiger partial charge < -0.3 is 10.2 Å². The molecule has 3 aromatic rings. The molecule has 1 aliphatic rings. The van der Waals surface area contributed by atoms with Gasteiger partial charge in [0.25, 0.3) is 11.8 Å². The number of nitrogens with one attached hydrogen (secondary N) is 2. The van der Waals surface area contributed by atoms with Gasteiger partial charge in [0.15, 0.2) is 5.82 Å². The van der Waals surface area contributed by atoms with Crippen LogP contribution in [0.25, 0.3) is 10.7 Å². The first kappa shape index (κ1) is 21.9. The highest BCUT2D eigenvalue weighted by molar-refractivity contribution is 7.13. The summed E-state index contributed by atoms with van der Waals surface area (Å²) in [5, 5.41) is 11.8. The number of piperidine rings is 1. The number of amides is 1. The Balaban J connectivity index is 0.00000124. The molecule has 0 spiro atoms. The number of aromatic amines is 1. The number of halogens is 2. The van der Waals surface area contributed by atoms with Gasteiger partial charge in [-0.05, 0) is 23.6 Å². The number of benzene rings is 1. The number of carbonyl (C=O) groups is 1. The zero-order valence-electron chi connectivity index (χ0n) is 17.0. The molecule has 9 heteroatoms. The molecule has 1 aromatic carbocycles. The molecule has 0 saturated carbocycles. The van der Waals surface area contributed by atoms with Crippen LogP contribution in [0.2, 0.25) is 0 Å². The van der Waals surface area contributed by atoms with Gasteiger partial charge in [-0.1, -0.05) is 32.0 Å². The summed E-state index contributed by atoms with van der Waals surface area (Å²) in [7, 11) is 0. The van der Waals surface area contributed by atoms with Crippen molar-refractivity contribution in [3.8, 4) is 10.7 Å². The minimum atomic E-state index is -2.62. The standard InChI is InChI=1S/C19H19F2N5OS.C2H6/c20-19(21)7-9-26(10-8-19)14-5-2-1-4-13(14)18(27)22-12-16-23-17(25-24-16)15-6-3-11-28-15;1-2/h1-6,11H,7-10,12H2,(H,22,27)(H,23,24,25);1-2H3. The molecule has 3 heterocycles. The minimum Gasteiger partial charge on any atom is -0.370 e. The number of rotatable bonds is 5. The van der Waals surface area contributed by atoms with Crippen molar-refractivity contribution in [3.63, 3.8) is 0 Å². The lowest BCUT2D eigenvalue weighted by atomic mass is 10.0. The second kappa shape index (κ2) is 9.80. The molecule has 0 bridgehead atoms. The quantitative estimate of drug-likeness (QED) is 0.610. The van der Waals surface area contributed by atoms with Crippen molar-refractivity contribution in [2.24, 2.45) is 0 Å². The first-order chi connectivity index (χ1) is 14.5. The van der Waals surface area contributed by atoms with Gasteiger partial charge >= 0.3 is 0 Å². The molecule has 1 saturated heterocycles. The number of hydrogen-bond acceptors (Lipinski definition) is 5. The predicted molar refractivity (Wildman–Crippen MR) is 115 cm³/mol. The summed E-state index contributed by atoms with van der Waals surface area (Å²) in [5.74, 6) is -1.76. The topological polar surface area (TPSA) is 73.9 Å². The highest BCUT2D eigenvalue weighted by atomic mass is 32.1. The number of alkyl halides is 2. The molecule has 0 radical (unpaired) electrons. The van der Waals surface area contributed by atoms with E-state index in [9.17, 15) is 13.6 Å². The van der Waals surface area contributed by atoms with Gasteiger partial charge in [0, 0.05) is 31.6 Å². The van der Waals surface area contributed by atoms with Gasteiger partial charge in [-0.2, -0.15) is 5.10 Å². The Bertz CT molecular complexity index is 948. The maximum absolute atomic E-state index is 13.4. The number of H-pyrrole nitrogens is 1. The number of thiophene rings is 1. The third-order valence-electron chi connectivity index (χ3n) is 4.67. The Morgan fingerprint density at radius 2 is 1.93 bits per heavy atom. The number of nitrogens with zero attached hydrogens (tertiary/aromatic N) is 3. The van der Waals surface area contributed by atoms with Crippen molar-refractivity contribution in [1.29, 1.82) is 0 Å². The molecule has 6 nitrogen and oxygen atoms in total. The van der Waals surface area contributed by atoms with E-state index in [-0.39, 0.29) is 38.4 Å². The van der Waals surface area contributed by atoms with Crippen molar-refractivity contribution < 1.29 is 13.6 Å². The van der Waals surface area contributed by atoms with E-state index in [0.29, 0.717) is 22.9 Å². The summed E-state index contributed by atoms with van der Waals surface area (Å²) in [6.45, 7) is 4.65. The molecule has 0 atom stereocenters. The fourth-order valence-electron chi connectivity index (χ4n) is 3.17. The predicted octanol–water partition coefficient (Wildman–Crippen LogP) is 4.72. The van der Waals surface area contributed by atoms with Crippen molar-refractivity contribution in [2.75, 3.05) is 18.0 Å². The van der Waals surface area contributed by atoms with Crippen LogP contribution >= 0.6 is 11.3 Å². The molecule has 30 heavy (non-hydrogen) atoms. The second-order valence-electron chi connectivity index (χ2n) is 6.63. The van der Waals surface area contributed by atoms with E-state index >= 15 is 0 Å². The average Bonchev–Trinajstić information content (AvgIpc) is 3.45. The van der Waals surface area contributed by atoms with Gasteiger partial charge in [0.1, 0.15) is 5.82 Å². The van der Waals surface area contributed by atoms with E-state index in [0.717, 1.165) is 4.88 Å². The van der Waals surface area contributed by atoms with Crippen molar-refractivity contribution >= 4 is 22.9 Å². The molecule has 1 amide bonds. The largest absolute Gasteiger partial charge is 0.370 e. The summed E-state index contributed by atoms with van der Waals surface area (Å²) in [4.78, 5) is 19.9. The molecule has 160 valence electrons. The summed E-state index contributed by atoms with van der Waals surface area (Å²) >= 11 is 1.54. The Kier molecular flexibility index (Phi) is 7.15. The van der Waals surface area contributed by atoms with Crippen molar-refractivity contribution in [2.45, 2.75) is 39.2 Å². The molecule has 4 rings (SSSR count). The van der Waals surface area contributed by atoms with Crippen LogP contribution in [0.3, 0.4) is 0 Å². The third kappa shape index (κ3) is 5.21. The van der Waals surface area contributed by atoms with E-state index in [4.69, 9.17) is 0 Å². The van der Waals surface area contributed by atoms with Gasteiger partial charge in [0.05, 0.1) is 17.0 Å². The number of aromatic nitrogens is 3. The maximum atomic E-state index is 13.4.